The van der Waals surface area contributed by atoms with Gasteiger partial charge in [0, 0.05) is 25.1 Å². The lowest BCUT2D eigenvalue weighted by Crippen LogP contribution is -2.04. The Hall–Kier alpha value is -1.31. The highest BCUT2D eigenvalue weighted by atomic mass is 16.1. The lowest BCUT2D eigenvalue weighted by atomic mass is 10.2. The van der Waals surface area contributed by atoms with Gasteiger partial charge in [0.15, 0.2) is 0 Å². The fourth-order valence-corrected chi connectivity index (χ4v) is 1.37. The number of hydrogen-bond acceptors (Lipinski definition) is 2. The van der Waals surface area contributed by atoms with Gasteiger partial charge in [0.25, 0.3) is 0 Å². The molecule has 0 bridgehead atoms. The topological polar surface area (TPSA) is 29.1 Å². The second-order valence-electron chi connectivity index (χ2n) is 3.79. The van der Waals surface area contributed by atoms with Crippen LogP contribution in [0.1, 0.15) is 31.7 Å². The Labute approximate surface area is 91.7 Å². The van der Waals surface area contributed by atoms with Crippen molar-refractivity contribution in [2.45, 2.75) is 33.1 Å². The van der Waals surface area contributed by atoms with Gasteiger partial charge in [-0.25, -0.2) is 0 Å². The van der Waals surface area contributed by atoms with Crippen LogP contribution in [0.3, 0.4) is 0 Å². The summed E-state index contributed by atoms with van der Waals surface area (Å²) < 4.78 is 0. The summed E-state index contributed by atoms with van der Waals surface area (Å²) in [6.07, 6.45) is 2.26. The molecule has 15 heavy (non-hydrogen) atoms. The van der Waals surface area contributed by atoms with Gasteiger partial charge in [0.05, 0.1) is 0 Å². The highest BCUT2D eigenvalue weighted by molar-refractivity contribution is 5.77. The molecule has 0 heterocycles. The second kappa shape index (κ2) is 6.23. The molecule has 82 valence electrons. The molecule has 0 fully saturated rings. The molecular formula is C13H19NO. The Balaban J connectivity index is 2.20. The number of carbonyl (C=O) groups excluding carboxylic acids is 1. The molecule has 2 heteroatoms. The van der Waals surface area contributed by atoms with Crippen molar-refractivity contribution < 1.29 is 4.79 Å². The van der Waals surface area contributed by atoms with Gasteiger partial charge in [-0.3, -0.25) is 4.79 Å². The van der Waals surface area contributed by atoms with Gasteiger partial charge in [-0.2, -0.15) is 0 Å². The Morgan fingerprint density at radius 1 is 1.27 bits per heavy atom. The fourth-order valence-electron chi connectivity index (χ4n) is 1.37. The number of rotatable bonds is 6. The minimum atomic E-state index is 0.348. The number of hydrogen-bond donors (Lipinski definition) is 1. The summed E-state index contributed by atoms with van der Waals surface area (Å²) in [6.45, 7) is 4.86. The normalized spacial score (nSPS) is 10.0. The van der Waals surface area contributed by atoms with E-state index in [-0.39, 0.29) is 0 Å². The molecule has 0 saturated heterocycles. The molecule has 0 saturated carbocycles. The Bertz CT molecular complexity index is 303. The summed E-state index contributed by atoms with van der Waals surface area (Å²) in [6, 6.07) is 8.30. The largest absolute Gasteiger partial charge is 0.385 e. The number of Topliss-reactive ketones (excluding diaryl/α,β-unsaturated/α-hetero) is 1. The molecule has 0 unspecified atom stereocenters. The van der Waals surface area contributed by atoms with E-state index in [0.717, 1.165) is 18.7 Å². The van der Waals surface area contributed by atoms with Crippen molar-refractivity contribution in [2.24, 2.45) is 0 Å². The molecule has 0 spiro atoms. The highest BCUT2D eigenvalue weighted by Gasteiger charge is 1.97. The monoisotopic (exact) mass is 205 g/mol. The van der Waals surface area contributed by atoms with E-state index in [0.29, 0.717) is 18.6 Å². The molecule has 0 amide bonds. The third-order valence-electron chi connectivity index (χ3n) is 2.41. The first-order valence-electron chi connectivity index (χ1n) is 5.54. The standard InChI is InChI=1S/C13H19NO/c1-3-13(15)5-4-10-14-12-8-6-11(2)7-9-12/h6-9,14H,3-5,10H2,1-2H3. The second-order valence-corrected chi connectivity index (χ2v) is 3.79. The third kappa shape index (κ3) is 4.63. The van der Waals surface area contributed by atoms with E-state index in [4.69, 9.17) is 0 Å². The van der Waals surface area contributed by atoms with Crippen molar-refractivity contribution in [1.82, 2.24) is 0 Å². The Kier molecular flexibility index (Phi) is 4.88. The van der Waals surface area contributed by atoms with Crippen LogP contribution in [0.15, 0.2) is 24.3 Å². The first-order chi connectivity index (χ1) is 7.22. The molecule has 1 N–H and O–H groups in total. The quantitative estimate of drug-likeness (QED) is 0.723. The van der Waals surface area contributed by atoms with Crippen molar-refractivity contribution >= 4 is 11.5 Å². The summed E-state index contributed by atoms with van der Waals surface area (Å²) >= 11 is 0. The molecule has 1 aromatic rings. The average Bonchev–Trinajstić information content (AvgIpc) is 2.26. The lowest BCUT2D eigenvalue weighted by Gasteiger charge is -2.05. The molecule has 1 rings (SSSR count). The number of carbonyl (C=O) groups is 1. The van der Waals surface area contributed by atoms with Gasteiger partial charge in [-0.05, 0) is 25.5 Å². The number of aryl methyl sites for hydroxylation is 1. The molecule has 2 nitrogen and oxygen atoms in total. The van der Waals surface area contributed by atoms with Crippen molar-refractivity contribution in [1.29, 1.82) is 0 Å². The van der Waals surface area contributed by atoms with E-state index in [1.807, 2.05) is 6.92 Å². The van der Waals surface area contributed by atoms with Crippen LogP contribution in [0.4, 0.5) is 5.69 Å². The fraction of sp³-hybridized carbons (Fsp3) is 0.462. The summed E-state index contributed by atoms with van der Waals surface area (Å²) in [5, 5.41) is 3.30. The molecule has 0 aliphatic rings. The predicted molar refractivity (Wildman–Crippen MR) is 64.2 cm³/mol. The molecule has 0 aromatic heterocycles. The van der Waals surface area contributed by atoms with Crippen LogP contribution >= 0.6 is 0 Å². The van der Waals surface area contributed by atoms with Crippen molar-refractivity contribution in [2.75, 3.05) is 11.9 Å². The molecular weight excluding hydrogens is 186 g/mol. The van der Waals surface area contributed by atoms with Crippen molar-refractivity contribution in [3.05, 3.63) is 29.8 Å². The predicted octanol–water partition coefficient (Wildman–Crippen LogP) is 3.17. The van der Waals surface area contributed by atoms with E-state index in [1.54, 1.807) is 0 Å². The smallest absolute Gasteiger partial charge is 0.132 e. The van der Waals surface area contributed by atoms with Gasteiger partial charge < -0.3 is 5.32 Å². The van der Waals surface area contributed by atoms with E-state index < -0.39 is 0 Å². The molecule has 0 atom stereocenters. The van der Waals surface area contributed by atoms with E-state index in [2.05, 4.69) is 36.5 Å². The number of ketones is 1. The van der Waals surface area contributed by atoms with Crippen LogP contribution in [0.25, 0.3) is 0 Å². The SMILES string of the molecule is CCC(=O)CCCNc1ccc(C)cc1. The minimum absolute atomic E-state index is 0.348. The molecule has 0 aliphatic heterocycles. The number of anilines is 1. The van der Waals surface area contributed by atoms with Crippen molar-refractivity contribution in [3.8, 4) is 0 Å². The number of nitrogens with one attached hydrogen (secondary N) is 1. The Morgan fingerprint density at radius 2 is 1.93 bits per heavy atom. The Morgan fingerprint density at radius 3 is 2.53 bits per heavy atom. The van der Waals surface area contributed by atoms with Crippen LogP contribution < -0.4 is 5.32 Å². The minimum Gasteiger partial charge on any atom is -0.385 e. The molecule has 1 aromatic carbocycles. The first kappa shape index (κ1) is 11.8. The van der Waals surface area contributed by atoms with Crippen LogP contribution in [0, 0.1) is 6.92 Å². The van der Waals surface area contributed by atoms with E-state index >= 15 is 0 Å². The molecule has 0 radical (unpaired) electrons. The van der Waals surface area contributed by atoms with Gasteiger partial charge in [-0.1, -0.05) is 24.6 Å². The maximum absolute atomic E-state index is 11.0. The highest BCUT2D eigenvalue weighted by Crippen LogP contribution is 2.08. The zero-order valence-electron chi connectivity index (χ0n) is 9.55. The van der Waals surface area contributed by atoms with Gasteiger partial charge in [-0.15, -0.1) is 0 Å². The summed E-state index contributed by atoms with van der Waals surface area (Å²) in [7, 11) is 0. The summed E-state index contributed by atoms with van der Waals surface area (Å²) in [5.74, 6) is 0.348. The van der Waals surface area contributed by atoms with Crippen molar-refractivity contribution in [3.63, 3.8) is 0 Å². The third-order valence-corrected chi connectivity index (χ3v) is 2.41. The maximum Gasteiger partial charge on any atom is 0.132 e. The first-order valence-corrected chi connectivity index (χ1v) is 5.54. The summed E-state index contributed by atoms with van der Waals surface area (Å²) in [4.78, 5) is 11.0. The van der Waals surface area contributed by atoms with E-state index in [9.17, 15) is 4.79 Å². The summed E-state index contributed by atoms with van der Waals surface area (Å²) in [5.41, 5.74) is 2.39. The van der Waals surface area contributed by atoms with Gasteiger partial charge in [0.1, 0.15) is 5.78 Å². The van der Waals surface area contributed by atoms with Crippen LogP contribution in [0.5, 0.6) is 0 Å². The zero-order valence-corrected chi connectivity index (χ0v) is 9.55. The molecule has 0 aliphatic carbocycles. The van der Waals surface area contributed by atoms with Crippen LogP contribution in [-0.2, 0) is 4.79 Å². The maximum atomic E-state index is 11.0. The van der Waals surface area contributed by atoms with E-state index in [1.165, 1.54) is 5.56 Å². The van der Waals surface area contributed by atoms with Gasteiger partial charge >= 0.3 is 0 Å². The van der Waals surface area contributed by atoms with Crippen LogP contribution in [0.2, 0.25) is 0 Å². The number of benzene rings is 1. The lowest BCUT2D eigenvalue weighted by molar-refractivity contribution is -0.118. The average molecular weight is 205 g/mol. The van der Waals surface area contributed by atoms with Gasteiger partial charge in [0.2, 0.25) is 0 Å². The van der Waals surface area contributed by atoms with Crippen LogP contribution in [-0.4, -0.2) is 12.3 Å². The zero-order chi connectivity index (χ0) is 11.1.